The predicted octanol–water partition coefficient (Wildman–Crippen LogP) is 2.81. The Hall–Kier alpha value is -3.59. The third-order valence-corrected chi connectivity index (χ3v) is 4.99. The molecule has 2 amide bonds. The summed E-state index contributed by atoms with van der Waals surface area (Å²) < 4.78 is 11.6. The third kappa shape index (κ3) is 6.23. The number of amides is 2. The van der Waals surface area contributed by atoms with Crippen LogP contribution >= 0.6 is 0 Å². The lowest BCUT2D eigenvalue weighted by Crippen LogP contribution is -2.56. The summed E-state index contributed by atoms with van der Waals surface area (Å²) in [6.45, 7) is 4.06. The number of likely N-dealkylation sites (N-methyl/N-ethyl adjacent to an activating group) is 1. The molecule has 0 radical (unpaired) electrons. The molecule has 1 aliphatic heterocycles. The quantitative estimate of drug-likeness (QED) is 0.593. The highest BCUT2D eigenvalue weighted by molar-refractivity contribution is 5.92. The fraction of sp³-hybridized carbons (Fsp3) is 0.375. The summed E-state index contributed by atoms with van der Waals surface area (Å²) in [5.41, 5.74) is 0. The van der Waals surface area contributed by atoms with Crippen molar-refractivity contribution in [3.8, 4) is 5.75 Å². The number of cyclic esters (lactones) is 1. The number of fused-ring (bicyclic) bond motifs is 1. The van der Waals surface area contributed by atoms with Crippen LogP contribution in [0.3, 0.4) is 0 Å². The zero-order valence-electron chi connectivity index (χ0n) is 19.3. The van der Waals surface area contributed by atoms with E-state index in [0.717, 1.165) is 28.0 Å². The number of carbonyl (C=O) groups excluding carboxylic acids is 3. The number of rotatable bonds is 7. The van der Waals surface area contributed by atoms with E-state index in [4.69, 9.17) is 14.3 Å². The minimum Gasteiger partial charge on any atom is -0.487 e. The highest BCUT2D eigenvalue weighted by Crippen LogP contribution is 2.26. The first-order valence-corrected chi connectivity index (χ1v) is 10.7. The van der Waals surface area contributed by atoms with E-state index in [-0.39, 0.29) is 19.2 Å². The largest absolute Gasteiger partial charge is 0.487 e. The van der Waals surface area contributed by atoms with Crippen LogP contribution in [0.5, 0.6) is 5.75 Å². The van der Waals surface area contributed by atoms with E-state index in [1.165, 1.54) is 4.90 Å². The standard InChI is InChI=1S/C24H29N3O6/c1-17(2)27-21(16-31-20-11-7-9-18-8-5-6-10-19(18)20)32-22(28)12-13-23(29)33-26(24(27)30)15-14-25(3)4/h5-13,17,21H,14-16H2,1-4H3/b13-12-. The molecule has 2 aromatic rings. The minimum atomic E-state index is -1.05. The molecule has 0 saturated carbocycles. The average molecular weight is 456 g/mol. The van der Waals surface area contributed by atoms with Crippen molar-refractivity contribution >= 4 is 28.7 Å². The topological polar surface area (TPSA) is 88.6 Å². The van der Waals surface area contributed by atoms with Gasteiger partial charge in [0.2, 0.25) is 6.23 Å². The van der Waals surface area contributed by atoms with Crippen LogP contribution in [0.15, 0.2) is 54.6 Å². The molecule has 0 spiro atoms. The van der Waals surface area contributed by atoms with Gasteiger partial charge in [-0.25, -0.2) is 14.4 Å². The Balaban J connectivity index is 1.90. The monoisotopic (exact) mass is 455 g/mol. The second-order valence-electron chi connectivity index (χ2n) is 8.11. The van der Waals surface area contributed by atoms with Crippen molar-refractivity contribution in [2.45, 2.75) is 26.1 Å². The van der Waals surface area contributed by atoms with Crippen molar-refractivity contribution in [3.05, 3.63) is 54.6 Å². The Morgan fingerprint density at radius 1 is 1.00 bits per heavy atom. The van der Waals surface area contributed by atoms with Gasteiger partial charge < -0.3 is 19.2 Å². The Bertz CT molecular complexity index is 1030. The molecule has 176 valence electrons. The van der Waals surface area contributed by atoms with Crippen LogP contribution in [0, 0.1) is 0 Å². The van der Waals surface area contributed by atoms with Crippen LogP contribution in [-0.2, 0) is 19.2 Å². The zero-order valence-corrected chi connectivity index (χ0v) is 19.3. The molecule has 0 N–H and O–H groups in total. The number of hydrogen-bond acceptors (Lipinski definition) is 7. The number of hydrogen-bond donors (Lipinski definition) is 0. The molecule has 0 aromatic heterocycles. The Morgan fingerprint density at radius 3 is 2.42 bits per heavy atom. The van der Waals surface area contributed by atoms with Crippen LogP contribution in [0.2, 0.25) is 0 Å². The SMILES string of the molecule is CC(C)N1C(=O)N(CCN(C)C)OC(=O)/C=C\C(=O)OC1COc1cccc2ccccc12. The third-order valence-electron chi connectivity index (χ3n) is 4.99. The minimum absolute atomic E-state index is 0.104. The van der Waals surface area contributed by atoms with Crippen LogP contribution in [0.1, 0.15) is 13.8 Å². The number of hydroxylamine groups is 2. The van der Waals surface area contributed by atoms with Crippen molar-refractivity contribution in [1.82, 2.24) is 14.9 Å². The number of benzene rings is 2. The van der Waals surface area contributed by atoms with Gasteiger partial charge >= 0.3 is 18.0 Å². The molecule has 9 nitrogen and oxygen atoms in total. The second-order valence-corrected chi connectivity index (χ2v) is 8.11. The molecule has 33 heavy (non-hydrogen) atoms. The molecule has 0 saturated heterocycles. The molecule has 9 heteroatoms. The van der Waals surface area contributed by atoms with E-state index in [1.54, 1.807) is 13.8 Å². The molecule has 1 unspecified atom stereocenters. The maximum absolute atomic E-state index is 13.4. The number of esters is 1. The van der Waals surface area contributed by atoms with Gasteiger partial charge in [0.25, 0.3) is 0 Å². The van der Waals surface area contributed by atoms with Crippen LogP contribution < -0.4 is 4.74 Å². The summed E-state index contributed by atoms with van der Waals surface area (Å²) in [6, 6.07) is 12.4. The Morgan fingerprint density at radius 2 is 1.70 bits per heavy atom. The van der Waals surface area contributed by atoms with Crippen molar-refractivity contribution in [3.63, 3.8) is 0 Å². The first kappa shape index (κ1) is 24.1. The zero-order chi connectivity index (χ0) is 24.0. The second kappa shape index (κ2) is 10.8. The lowest BCUT2D eigenvalue weighted by atomic mass is 10.1. The van der Waals surface area contributed by atoms with Gasteiger partial charge in [-0.2, -0.15) is 5.06 Å². The molecule has 1 heterocycles. The van der Waals surface area contributed by atoms with E-state index >= 15 is 0 Å². The summed E-state index contributed by atoms with van der Waals surface area (Å²) in [6.07, 6.45) is 0.865. The van der Waals surface area contributed by atoms with Gasteiger partial charge in [0, 0.05) is 30.1 Å². The first-order chi connectivity index (χ1) is 15.8. The molecular weight excluding hydrogens is 426 g/mol. The maximum Gasteiger partial charge on any atom is 0.356 e. The number of carbonyl (C=O) groups is 3. The Kier molecular flexibility index (Phi) is 7.89. The predicted molar refractivity (Wildman–Crippen MR) is 122 cm³/mol. The Labute approximate surface area is 193 Å². The van der Waals surface area contributed by atoms with Gasteiger partial charge in [0.15, 0.2) is 0 Å². The van der Waals surface area contributed by atoms with E-state index in [2.05, 4.69) is 0 Å². The van der Waals surface area contributed by atoms with Gasteiger partial charge in [-0.15, -0.1) is 0 Å². The molecule has 0 aliphatic carbocycles. The fourth-order valence-electron chi connectivity index (χ4n) is 3.38. The summed E-state index contributed by atoms with van der Waals surface area (Å²) in [5, 5.41) is 2.88. The first-order valence-electron chi connectivity index (χ1n) is 10.7. The van der Waals surface area contributed by atoms with Gasteiger partial charge in [-0.05, 0) is 39.4 Å². The summed E-state index contributed by atoms with van der Waals surface area (Å²) in [5.74, 6) is -1.02. The smallest absolute Gasteiger partial charge is 0.356 e. The molecule has 0 bridgehead atoms. The molecule has 0 fully saturated rings. The van der Waals surface area contributed by atoms with Crippen LogP contribution in [0.25, 0.3) is 10.8 Å². The van der Waals surface area contributed by atoms with E-state index in [0.29, 0.717) is 12.3 Å². The molecule has 1 atom stereocenters. The van der Waals surface area contributed by atoms with E-state index in [1.807, 2.05) is 61.5 Å². The average Bonchev–Trinajstić information content (AvgIpc) is 2.77. The lowest BCUT2D eigenvalue weighted by molar-refractivity contribution is -0.181. The van der Waals surface area contributed by atoms with E-state index in [9.17, 15) is 14.4 Å². The number of urea groups is 1. The molecule has 2 aromatic carbocycles. The van der Waals surface area contributed by atoms with Gasteiger partial charge in [0.1, 0.15) is 12.4 Å². The summed E-state index contributed by atoms with van der Waals surface area (Å²) in [4.78, 5) is 46.2. The van der Waals surface area contributed by atoms with Crippen molar-refractivity contribution < 1.29 is 28.7 Å². The van der Waals surface area contributed by atoms with Crippen LogP contribution in [0.4, 0.5) is 4.79 Å². The summed E-state index contributed by atoms with van der Waals surface area (Å²) in [7, 11) is 3.69. The van der Waals surface area contributed by atoms with Crippen molar-refractivity contribution in [1.29, 1.82) is 0 Å². The van der Waals surface area contributed by atoms with Crippen molar-refractivity contribution in [2.24, 2.45) is 0 Å². The lowest BCUT2D eigenvalue weighted by Gasteiger charge is -2.37. The highest BCUT2D eigenvalue weighted by Gasteiger charge is 2.35. The van der Waals surface area contributed by atoms with Gasteiger partial charge in [-0.3, -0.25) is 4.90 Å². The number of nitrogens with zero attached hydrogens (tertiary/aromatic N) is 3. The van der Waals surface area contributed by atoms with Crippen molar-refractivity contribution in [2.75, 3.05) is 33.8 Å². The van der Waals surface area contributed by atoms with Gasteiger partial charge in [0.05, 0.1) is 6.54 Å². The summed E-state index contributed by atoms with van der Waals surface area (Å²) >= 11 is 0. The molecular formula is C24H29N3O6. The highest BCUT2D eigenvalue weighted by atomic mass is 16.7. The van der Waals surface area contributed by atoms with Gasteiger partial charge in [-0.1, -0.05) is 36.4 Å². The molecule has 3 rings (SSSR count). The normalized spacial score (nSPS) is 18.5. The van der Waals surface area contributed by atoms with E-state index < -0.39 is 24.2 Å². The maximum atomic E-state index is 13.4. The van der Waals surface area contributed by atoms with Crippen LogP contribution in [-0.4, -0.2) is 78.9 Å². The molecule has 1 aliphatic rings. The fourth-order valence-corrected chi connectivity index (χ4v) is 3.38. The number of ether oxygens (including phenoxy) is 2.